The van der Waals surface area contributed by atoms with Crippen molar-refractivity contribution in [3.63, 3.8) is 0 Å². The van der Waals surface area contributed by atoms with Crippen molar-refractivity contribution in [3.05, 3.63) is 0 Å². The molecule has 0 aliphatic heterocycles. The fraction of sp³-hybridized carbons (Fsp3) is 0.846. The van der Waals surface area contributed by atoms with Crippen molar-refractivity contribution in [1.29, 1.82) is 0 Å². The van der Waals surface area contributed by atoms with Gasteiger partial charge in [0.15, 0.2) is 0 Å². The van der Waals surface area contributed by atoms with E-state index in [0.29, 0.717) is 38.6 Å². The van der Waals surface area contributed by atoms with E-state index in [9.17, 15) is 28.8 Å². The van der Waals surface area contributed by atoms with Crippen LogP contribution in [0.5, 0.6) is 0 Å². The van der Waals surface area contributed by atoms with Crippen LogP contribution in [0.25, 0.3) is 0 Å². The Hall–Kier alpha value is -3.18. The Labute approximate surface area is 308 Å². The van der Waals surface area contributed by atoms with Crippen molar-refractivity contribution in [3.8, 4) is 0 Å². The van der Waals surface area contributed by atoms with Crippen molar-refractivity contribution in [2.24, 2.45) is 0 Å². The van der Waals surface area contributed by atoms with Crippen LogP contribution in [0.1, 0.15) is 181 Å². The molecule has 0 aromatic rings. The van der Waals surface area contributed by atoms with Gasteiger partial charge in [0.05, 0.1) is 6.42 Å². The van der Waals surface area contributed by atoms with Gasteiger partial charge in [0.25, 0.3) is 0 Å². The summed E-state index contributed by atoms with van der Waals surface area (Å²) >= 11 is 0. The molecule has 1 atom stereocenters. The number of aliphatic carboxylic acids is 1. The minimum Gasteiger partial charge on any atom is -0.481 e. The van der Waals surface area contributed by atoms with E-state index in [4.69, 9.17) is 5.11 Å². The number of nitrogens with one attached hydrogen (secondary N) is 5. The molecule has 0 saturated carbocycles. The van der Waals surface area contributed by atoms with E-state index in [1.807, 2.05) is 0 Å². The van der Waals surface area contributed by atoms with E-state index in [2.05, 4.69) is 40.4 Å². The molecule has 0 unspecified atom stereocenters. The number of hydrogen-bond donors (Lipinski definition) is 6. The van der Waals surface area contributed by atoms with Gasteiger partial charge >= 0.3 is 5.97 Å². The molecule has 12 nitrogen and oxygen atoms in total. The predicted molar refractivity (Wildman–Crippen MR) is 203 cm³/mol. The molecule has 0 aliphatic carbocycles. The van der Waals surface area contributed by atoms with Gasteiger partial charge < -0.3 is 31.7 Å². The maximum absolute atomic E-state index is 12.7. The van der Waals surface area contributed by atoms with E-state index in [1.165, 1.54) is 77.0 Å². The van der Waals surface area contributed by atoms with Crippen LogP contribution < -0.4 is 26.6 Å². The second-order valence-electron chi connectivity index (χ2n) is 13.8. The van der Waals surface area contributed by atoms with Crippen LogP contribution in [0.4, 0.5) is 0 Å². The second kappa shape index (κ2) is 35.2. The van der Waals surface area contributed by atoms with Crippen LogP contribution in [0.15, 0.2) is 0 Å². The summed E-state index contributed by atoms with van der Waals surface area (Å²) in [6.07, 6.45) is 23.5. The maximum atomic E-state index is 12.7. The minimum atomic E-state index is -1.04. The molecule has 5 amide bonds. The second-order valence-corrected chi connectivity index (χ2v) is 13.8. The summed E-state index contributed by atoms with van der Waals surface area (Å²) < 4.78 is 0. The lowest BCUT2D eigenvalue weighted by Gasteiger charge is -2.18. The normalized spacial score (nSPS) is 11.4. The average molecular weight is 724 g/mol. The third-order valence-corrected chi connectivity index (χ3v) is 8.89. The zero-order valence-electron chi connectivity index (χ0n) is 32.2. The molecule has 0 rings (SSSR count). The molecule has 12 heteroatoms. The molecular formula is C39H73N5O7. The van der Waals surface area contributed by atoms with Gasteiger partial charge in [-0.15, -0.1) is 0 Å². The molecule has 6 N–H and O–H groups in total. The molecule has 0 heterocycles. The predicted octanol–water partition coefficient (Wildman–Crippen LogP) is 6.20. The van der Waals surface area contributed by atoms with Gasteiger partial charge in [0.1, 0.15) is 6.04 Å². The lowest BCUT2D eigenvalue weighted by molar-refractivity contribution is -0.137. The van der Waals surface area contributed by atoms with Gasteiger partial charge in [-0.3, -0.25) is 28.8 Å². The molecule has 0 bridgehead atoms. The Balaban J connectivity index is 4.22. The Morgan fingerprint density at radius 1 is 0.412 bits per heavy atom. The van der Waals surface area contributed by atoms with Crippen molar-refractivity contribution >= 4 is 35.5 Å². The highest BCUT2D eigenvalue weighted by atomic mass is 16.4. The van der Waals surface area contributed by atoms with Gasteiger partial charge in [0.2, 0.25) is 29.5 Å². The molecule has 0 aromatic carbocycles. The first kappa shape index (κ1) is 47.8. The number of carboxylic acids is 1. The third-order valence-electron chi connectivity index (χ3n) is 8.89. The Bertz CT molecular complexity index is 947. The first-order valence-corrected chi connectivity index (χ1v) is 20.3. The van der Waals surface area contributed by atoms with Crippen molar-refractivity contribution in [2.75, 3.05) is 26.2 Å². The van der Waals surface area contributed by atoms with Gasteiger partial charge in [-0.05, 0) is 32.1 Å². The summed E-state index contributed by atoms with van der Waals surface area (Å²) in [6.45, 7) is 5.21. The lowest BCUT2D eigenvalue weighted by atomic mass is 10.1. The van der Waals surface area contributed by atoms with Gasteiger partial charge in [-0.1, -0.05) is 117 Å². The van der Waals surface area contributed by atoms with Crippen LogP contribution in [-0.4, -0.2) is 72.8 Å². The number of carbonyl (C=O) groups is 6. The lowest BCUT2D eigenvalue weighted by Crippen LogP contribution is -2.47. The summed E-state index contributed by atoms with van der Waals surface area (Å²) in [5, 5.41) is 22.5. The quantitative estimate of drug-likeness (QED) is 0.0416. The molecule has 296 valence electrons. The van der Waals surface area contributed by atoms with Crippen LogP contribution >= 0.6 is 0 Å². The first-order valence-electron chi connectivity index (χ1n) is 20.3. The average Bonchev–Trinajstić information content (AvgIpc) is 3.09. The van der Waals surface area contributed by atoms with Crippen molar-refractivity contribution in [1.82, 2.24) is 26.6 Å². The molecule has 0 aromatic heterocycles. The number of unbranched alkanes of at least 4 members (excludes halogenated alkanes) is 17. The summed E-state index contributed by atoms with van der Waals surface area (Å²) in [7, 11) is 0. The fourth-order valence-corrected chi connectivity index (χ4v) is 5.74. The van der Waals surface area contributed by atoms with Crippen LogP contribution in [-0.2, 0) is 28.8 Å². The van der Waals surface area contributed by atoms with Crippen LogP contribution in [0.3, 0.4) is 0 Å². The van der Waals surface area contributed by atoms with E-state index >= 15 is 0 Å². The highest BCUT2D eigenvalue weighted by molar-refractivity contribution is 5.88. The molecule has 0 aliphatic rings. The monoisotopic (exact) mass is 724 g/mol. The van der Waals surface area contributed by atoms with Gasteiger partial charge in [-0.25, -0.2) is 0 Å². The smallest absolute Gasteiger partial charge is 0.305 e. The molecule has 0 radical (unpaired) electrons. The Morgan fingerprint density at radius 2 is 0.804 bits per heavy atom. The standard InChI is InChI=1S/C39H73N5O7/c1-3-5-7-9-11-13-15-17-19-24-34(45)41-30-26-36(47)40-29-22-21-23-33(39(51)43-32-28-38(49)50)44-37(48)27-31-42-35(46)25-20-18-16-14-12-10-8-6-4-2/h33H,3-32H2,1-2H3,(H,40,47)(H,41,45)(H,42,46)(H,43,51)(H,44,48)(H,49,50)/t33-/m0/s1. The van der Waals surface area contributed by atoms with Gasteiger partial charge in [0, 0.05) is 51.9 Å². The minimum absolute atomic E-state index is 0.0220. The van der Waals surface area contributed by atoms with Crippen LogP contribution in [0.2, 0.25) is 0 Å². The number of amides is 5. The number of carboxylic acid groups (broad SMARTS) is 1. The number of rotatable bonds is 36. The fourth-order valence-electron chi connectivity index (χ4n) is 5.74. The number of hydrogen-bond acceptors (Lipinski definition) is 6. The van der Waals surface area contributed by atoms with E-state index in [0.717, 1.165) is 38.5 Å². The zero-order valence-corrected chi connectivity index (χ0v) is 32.2. The first-order chi connectivity index (χ1) is 24.7. The zero-order chi connectivity index (χ0) is 37.8. The molecule has 0 saturated heterocycles. The number of carbonyl (C=O) groups excluding carboxylic acids is 5. The Kier molecular flexibility index (Phi) is 33.0. The summed E-state index contributed by atoms with van der Waals surface area (Å²) in [5.41, 5.74) is 0. The molecule has 0 spiro atoms. The highest BCUT2D eigenvalue weighted by Gasteiger charge is 2.20. The summed E-state index contributed by atoms with van der Waals surface area (Å²) in [5.74, 6) is -2.19. The highest BCUT2D eigenvalue weighted by Crippen LogP contribution is 2.11. The SMILES string of the molecule is CCCCCCCCCCCC(=O)NCCC(=O)NCCCC[C@H](NC(=O)CCNC(=O)CCCCCCCCCCC)C(=O)NCCC(=O)O. The van der Waals surface area contributed by atoms with Crippen LogP contribution in [0, 0.1) is 0 Å². The third kappa shape index (κ3) is 33.7. The van der Waals surface area contributed by atoms with E-state index < -0.39 is 17.9 Å². The molecule has 51 heavy (non-hydrogen) atoms. The summed E-state index contributed by atoms with van der Waals surface area (Å²) in [4.78, 5) is 72.6. The van der Waals surface area contributed by atoms with Crippen molar-refractivity contribution in [2.45, 2.75) is 187 Å². The molecular weight excluding hydrogens is 650 g/mol. The maximum Gasteiger partial charge on any atom is 0.305 e. The molecule has 0 fully saturated rings. The van der Waals surface area contributed by atoms with Crippen molar-refractivity contribution < 1.29 is 33.9 Å². The van der Waals surface area contributed by atoms with E-state index in [-0.39, 0.29) is 62.5 Å². The topological polar surface area (TPSA) is 183 Å². The largest absolute Gasteiger partial charge is 0.481 e. The Morgan fingerprint density at radius 3 is 1.27 bits per heavy atom. The van der Waals surface area contributed by atoms with E-state index in [1.54, 1.807) is 0 Å². The van der Waals surface area contributed by atoms with Gasteiger partial charge in [-0.2, -0.15) is 0 Å². The summed E-state index contributed by atoms with van der Waals surface area (Å²) in [6, 6.07) is -0.860.